The predicted molar refractivity (Wildman–Crippen MR) is 90.2 cm³/mol. The van der Waals surface area contributed by atoms with Crippen LogP contribution in [-0.4, -0.2) is 72.3 Å². The largest absolute Gasteiger partial charge is 0.388 e. The first-order chi connectivity index (χ1) is 10.7. The maximum atomic E-state index is 10.5. The van der Waals surface area contributed by atoms with E-state index in [4.69, 9.17) is 0 Å². The molecule has 0 aromatic heterocycles. The second-order valence-corrected chi connectivity index (χ2v) is 7.32. The summed E-state index contributed by atoms with van der Waals surface area (Å²) >= 11 is 0. The lowest BCUT2D eigenvalue weighted by molar-refractivity contribution is 0.0516. The number of piperidine rings is 1. The molecule has 1 atom stereocenters. The van der Waals surface area contributed by atoms with Gasteiger partial charge in [-0.2, -0.15) is 0 Å². The highest BCUT2D eigenvalue weighted by atomic mass is 16.3. The van der Waals surface area contributed by atoms with Crippen molar-refractivity contribution < 1.29 is 5.11 Å². The predicted octanol–water partition coefficient (Wildman–Crippen LogP) is 1.43. The molecule has 3 aliphatic rings. The monoisotopic (exact) mass is 308 g/mol. The maximum Gasteiger partial charge on any atom is 0.193 e. The van der Waals surface area contributed by atoms with Crippen molar-refractivity contribution in [2.24, 2.45) is 4.99 Å². The van der Waals surface area contributed by atoms with E-state index in [-0.39, 0.29) is 0 Å². The Bertz CT molecular complexity index is 386. The van der Waals surface area contributed by atoms with Crippen molar-refractivity contribution in [3.8, 4) is 0 Å². The van der Waals surface area contributed by atoms with Crippen LogP contribution in [0.15, 0.2) is 4.99 Å². The first-order valence-electron chi connectivity index (χ1n) is 9.12. The van der Waals surface area contributed by atoms with Gasteiger partial charge in [0.1, 0.15) is 0 Å². The number of likely N-dealkylation sites (tertiary alicyclic amines) is 2. The highest BCUT2D eigenvalue weighted by Gasteiger charge is 2.33. The lowest BCUT2D eigenvalue weighted by Gasteiger charge is -2.32. The Balaban J connectivity index is 1.49. The van der Waals surface area contributed by atoms with Gasteiger partial charge in [0, 0.05) is 32.7 Å². The third kappa shape index (κ3) is 3.74. The highest BCUT2D eigenvalue weighted by Crippen LogP contribution is 2.28. The van der Waals surface area contributed by atoms with E-state index in [1.807, 2.05) is 7.05 Å². The van der Waals surface area contributed by atoms with E-state index in [0.717, 1.165) is 44.7 Å². The van der Waals surface area contributed by atoms with E-state index < -0.39 is 5.60 Å². The molecule has 1 aliphatic carbocycles. The molecule has 0 bridgehead atoms. The molecule has 2 heterocycles. The molecule has 3 rings (SSSR count). The number of nitrogens with one attached hydrogen (secondary N) is 1. The number of aliphatic hydroxyl groups is 1. The molecule has 1 unspecified atom stereocenters. The molecule has 0 spiro atoms. The molecule has 5 nitrogen and oxygen atoms in total. The lowest BCUT2D eigenvalue weighted by atomic mass is 10.0. The fraction of sp³-hybridized carbons (Fsp3) is 0.941. The van der Waals surface area contributed by atoms with Gasteiger partial charge in [-0.25, -0.2) is 0 Å². The molecule has 2 aliphatic heterocycles. The first-order valence-corrected chi connectivity index (χ1v) is 9.12. The minimum absolute atomic E-state index is 0.512. The van der Waals surface area contributed by atoms with Gasteiger partial charge >= 0.3 is 0 Å². The van der Waals surface area contributed by atoms with Crippen molar-refractivity contribution in [1.29, 1.82) is 0 Å². The minimum Gasteiger partial charge on any atom is -0.388 e. The van der Waals surface area contributed by atoms with Crippen molar-refractivity contribution in [3.05, 3.63) is 0 Å². The summed E-state index contributed by atoms with van der Waals surface area (Å²) in [6, 6.07) is 0.688. The molecule has 2 N–H and O–H groups in total. The van der Waals surface area contributed by atoms with Crippen LogP contribution in [0.1, 0.15) is 51.4 Å². The minimum atomic E-state index is -0.512. The van der Waals surface area contributed by atoms with Crippen LogP contribution in [0.2, 0.25) is 0 Å². The van der Waals surface area contributed by atoms with Crippen LogP contribution in [0, 0.1) is 0 Å². The SMILES string of the molecule is CN=C(NCC1(O)CCCC1)N1CCC(N2CCCCC2)C1. The normalized spacial score (nSPS) is 30.0. The van der Waals surface area contributed by atoms with Gasteiger partial charge in [-0.15, -0.1) is 0 Å². The molecule has 0 radical (unpaired) electrons. The summed E-state index contributed by atoms with van der Waals surface area (Å²) in [7, 11) is 1.86. The fourth-order valence-corrected chi connectivity index (χ4v) is 4.30. The van der Waals surface area contributed by atoms with E-state index in [1.54, 1.807) is 0 Å². The van der Waals surface area contributed by atoms with Crippen molar-refractivity contribution in [2.75, 3.05) is 39.8 Å². The smallest absolute Gasteiger partial charge is 0.193 e. The van der Waals surface area contributed by atoms with Gasteiger partial charge in [-0.3, -0.25) is 9.89 Å². The number of aliphatic imine (C=N–C) groups is 1. The Morgan fingerprint density at radius 1 is 1.14 bits per heavy atom. The molecule has 1 saturated carbocycles. The number of hydrogen-bond acceptors (Lipinski definition) is 3. The molecule has 2 saturated heterocycles. The van der Waals surface area contributed by atoms with Gasteiger partial charge in [-0.05, 0) is 45.2 Å². The molecule has 126 valence electrons. The van der Waals surface area contributed by atoms with Crippen molar-refractivity contribution >= 4 is 5.96 Å². The van der Waals surface area contributed by atoms with Crippen LogP contribution < -0.4 is 5.32 Å². The van der Waals surface area contributed by atoms with Gasteiger partial charge in [0.15, 0.2) is 5.96 Å². The van der Waals surface area contributed by atoms with E-state index in [0.29, 0.717) is 12.6 Å². The van der Waals surface area contributed by atoms with Gasteiger partial charge in [0.05, 0.1) is 5.60 Å². The lowest BCUT2D eigenvalue weighted by Crippen LogP contribution is -2.48. The average molecular weight is 308 g/mol. The van der Waals surface area contributed by atoms with E-state index in [9.17, 15) is 5.11 Å². The number of guanidine groups is 1. The molecule has 3 fully saturated rings. The van der Waals surface area contributed by atoms with Gasteiger partial charge in [0.25, 0.3) is 0 Å². The van der Waals surface area contributed by atoms with Crippen LogP contribution in [0.5, 0.6) is 0 Å². The van der Waals surface area contributed by atoms with E-state index in [2.05, 4.69) is 20.1 Å². The zero-order valence-corrected chi connectivity index (χ0v) is 14.1. The molecule has 0 amide bonds. The van der Waals surface area contributed by atoms with E-state index >= 15 is 0 Å². The van der Waals surface area contributed by atoms with Crippen molar-refractivity contribution in [3.63, 3.8) is 0 Å². The second-order valence-electron chi connectivity index (χ2n) is 7.32. The van der Waals surface area contributed by atoms with Gasteiger partial charge in [-0.1, -0.05) is 19.3 Å². The topological polar surface area (TPSA) is 51.1 Å². The Kier molecular flexibility index (Phi) is 5.24. The Morgan fingerprint density at radius 3 is 2.55 bits per heavy atom. The Morgan fingerprint density at radius 2 is 1.86 bits per heavy atom. The number of rotatable bonds is 3. The summed E-state index contributed by atoms with van der Waals surface area (Å²) in [6.07, 6.45) is 9.50. The zero-order valence-electron chi connectivity index (χ0n) is 14.1. The van der Waals surface area contributed by atoms with Crippen LogP contribution >= 0.6 is 0 Å². The van der Waals surface area contributed by atoms with Crippen LogP contribution in [-0.2, 0) is 0 Å². The summed E-state index contributed by atoms with van der Waals surface area (Å²) in [5, 5.41) is 13.9. The molecule has 0 aromatic carbocycles. The molecular weight excluding hydrogens is 276 g/mol. The third-order valence-corrected chi connectivity index (χ3v) is 5.69. The molecule has 5 heteroatoms. The van der Waals surface area contributed by atoms with Crippen LogP contribution in [0.3, 0.4) is 0 Å². The standard InChI is InChI=1S/C17H32N4O/c1-18-16(19-14-17(22)8-3-4-9-17)21-12-7-15(13-21)20-10-5-2-6-11-20/h15,22H,2-14H2,1H3,(H,18,19). The molecule has 0 aromatic rings. The summed E-state index contributed by atoms with van der Waals surface area (Å²) in [5.74, 6) is 0.972. The van der Waals surface area contributed by atoms with Gasteiger partial charge in [0.2, 0.25) is 0 Å². The summed E-state index contributed by atoms with van der Waals surface area (Å²) in [5.41, 5.74) is -0.512. The second kappa shape index (κ2) is 7.18. The van der Waals surface area contributed by atoms with Gasteiger partial charge < -0.3 is 15.3 Å². The average Bonchev–Trinajstić information content (AvgIpc) is 3.19. The summed E-state index contributed by atoms with van der Waals surface area (Å²) in [4.78, 5) is 9.48. The summed E-state index contributed by atoms with van der Waals surface area (Å²) < 4.78 is 0. The quantitative estimate of drug-likeness (QED) is 0.612. The third-order valence-electron chi connectivity index (χ3n) is 5.69. The van der Waals surface area contributed by atoms with Crippen molar-refractivity contribution in [1.82, 2.24) is 15.1 Å². The Labute approximate surface area is 134 Å². The Hall–Kier alpha value is -0.810. The fourth-order valence-electron chi connectivity index (χ4n) is 4.30. The molecule has 22 heavy (non-hydrogen) atoms. The van der Waals surface area contributed by atoms with Crippen molar-refractivity contribution in [2.45, 2.75) is 63.0 Å². The number of nitrogens with zero attached hydrogens (tertiary/aromatic N) is 3. The van der Waals surface area contributed by atoms with Crippen LogP contribution in [0.25, 0.3) is 0 Å². The first kappa shape index (κ1) is 16.1. The van der Waals surface area contributed by atoms with E-state index in [1.165, 1.54) is 38.8 Å². The highest BCUT2D eigenvalue weighted by molar-refractivity contribution is 5.80. The van der Waals surface area contributed by atoms with Crippen LogP contribution in [0.4, 0.5) is 0 Å². The molecular formula is C17H32N4O. The maximum absolute atomic E-state index is 10.5. The number of hydrogen-bond donors (Lipinski definition) is 2. The summed E-state index contributed by atoms with van der Waals surface area (Å²) in [6.45, 7) is 5.34. The zero-order chi connectivity index (χ0) is 15.4.